The molecule has 0 heterocycles. The number of rotatable bonds is 8. The quantitative estimate of drug-likeness (QED) is 0.407. The third kappa shape index (κ3) is 9.26. The first-order valence-corrected chi connectivity index (χ1v) is 4.35. The summed E-state index contributed by atoms with van der Waals surface area (Å²) < 4.78 is 4.77. The van der Waals surface area contributed by atoms with E-state index in [1.165, 1.54) is 0 Å². The SMILES string of the molecule is CNC(=O)CCCNOCCOC. The summed E-state index contributed by atoms with van der Waals surface area (Å²) in [4.78, 5) is 15.7. The predicted octanol–water partition coefficient (Wildman–Crippen LogP) is -0.320. The zero-order chi connectivity index (χ0) is 9.94. The molecule has 13 heavy (non-hydrogen) atoms. The second kappa shape index (κ2) is 9.44. The van der Waals surface area contributed by atoms with E-state index in [1.807, 2.05) is 0 Å². The van der Waals surface area contributed by atoms with Crippen LogP contribution >= 0.6 is 0 Å². The Morgan fingerprint density at radius 2 is 2.15 bits per heavy atom. The van der Waals surface area contributed by atoms with Crippen LogP contribution in [-0.4, -0.2) is 39.8 Å². The maximum atomic E-state index is 10.7. The molecule has 0 aliphatic carbocycles. The van der Waals surface area contributed by atoms with E-state index in [9.17, 15) is 4.79 Å². The Morgan fingerprint density at radius 1 is 1.38 bits per heavy atom. The van der Waals surface area contributed by atoms with Crippen LogP contribution in [0.3, 0.4) is 0 Å². The van der Waals surface area contributed by atoms with E-state index in [1.54, 1.807) is 14.2 Å². The highest BCUT2D eigenvalue weighted by Gasteiger charge is 1.96. The largest absolute Gasteiger partial charge is 0.382 e. The Hall–Kier alpha value is -0.650. The molecule has 2 N–H and O–H groups in total. The van der Waals surface area contributed by atoms with E-state index < -0.39 is 0 Å². The van der Waals surface area contributed by atoms with Gasteiger partial charge >= 0.3 is 0 Å². The second-order valence-electron chi connectivity index (χ2n) is 2.51. The van der Waals surface area contributed by atoms with Gasteiger partial charge in [0.1, 0.15) is 0 Å². The van der Waals surface area contributed by atoms with Crippen LogP contribution < -0.4 is 10.8 Å². The number of carbonyl (C=O) groups is 1. The third-order valence-corrected chi connectivity index (χ3v) is 1.45. The lowest BCUT2D eigenvalue weighted by molar-refractivity contribution is -0.120. The van der Waals surface area contributed by atoms with Crippen LogP contribution in [0, 0.1) is 0 Å². The van der Waals surface area contributed by atoms with E-state index in [-0.39, 0.29) is 5.91 Å². The van der Waals surface area contributed by atoms with E-state index in [4.69, 9.17) is 9.57 Å². The first-order valence-electron chi connectivity index (χ1n) is 4.35. The maximum absolute atomic E-state index is 10.7. The lowest BCUT2D eigenvalue weighted by atomic mass is 10.3. The van der Waals surface area contributed by atoms with Gasteiger partial charge in [0.25, 0.3) is 0 Å². The van der Waals surface area contributed by atoms with Gasteiger partial charge in [0.05, 0.1) is 13.2 Å². The molecule has 5 nitrogen and oxygen atoms in total. The van der Waals surface area contributed by atoms with Gasteiger partial charge in [0.15, 0.2) is 0 Å². The molecule has 0 aromatic rings. The van der Waals surface area contributed by atoms with E-state index in [0.29, 0.717) is 26.2 Å². The molecule has 0 saturated carbocycles. The molecule has 78 valence electrons. The van der Waals surface area contributed by atoms with Gasteiger partial charge in [-0.1, -0.05) is 0 Å². The van der Waals surface area contributed by atoms with Gasteiger partial charge in [-0.25, -0.2) is 5.48 Å². The number of methoxy groups -OCH3 is 1. The maximum Gasteiger partial charge on any atom is 0.219 e. The lowest BCUT2D eigenvalue weighted by Crippen LogP contribution is -2.22. The average molecular weight is 190 g/mol. The molecule has 0 fully saturated rings. The summed E-state index contributed by atoms with van der Waals surface area (Å²) in [6.07, 6.45) is 1.30. The first kappa shape index (κ1) is 12.3. The number of hydroxylamine groups is 1. The molecule has 0 rings (SSSR count). The van der Waals surface area contributed by atoms with Gasteiger partial charge in [-0.2, -0.15) is 0 Å². The predicted molar refractivity (Wildman–Crippen MR) is 49.1 cm³/mol. The molecule has 0 radical (unpaired) electrons. The minimum Gasteiger partial charge on any atom is -0.382 e. The van der Waals surface area contributed by atoms with Crippen LogP contribution in [0.15, 0.2) is 0 Å². The first-order chi connectivity index (χ1) is 6.31. The van der Waals surface area contributed by atoms with Crippen molar-refractivity contribution in [3.8, 4) is 0 Å². The molecular formula is C8H18N2O3. The number of carbonyl (C=O) groups excluding carboxylic acids is 1. The number of amides is 1. The molecule has 0 spiro atoms. The standard InChI is InChI=1S/C8H18N2O3/c1-9-8(11)4-3-5-10-13-7-6-12-2/h10H,3-7H2,1-2H3,(H,9,11). The van der Waals surface area contributed by atoms with Crippen molar-refractivity contribution >= 4 is 5.91 Å². The van der Waals surface area contributed by atoms with Crippen LogP contribution in [0.5, 0.6) is 0 Å². The molecule has 0 aromatic heterocycles. The minimum atomic E-state index is 0.0543. The van der Waals surface area contributed by atoms with Gasteiger partial charge in [-0.3, -0.25) is 9.63 Å². The van der Waals surface area contributed by atoms with E-state index in [0.717, 1.165) is 6.42 Å². The fraction of sp³-hybridized carbons (Fsp3) is 0.875. The molecule has 0 unspecified atom stereocenters. The van der Waals surface area contributed by atoms with Crippen LogP contribution in [0.1, 0.15) is 12.8 Å². The summed E-state index contributed by atoms with van der Waals surface area (Å²) in [5.74, 6) is 0.0543. The Labute approximate surface area is 78.7 Å². The summed E-state index contributed by atoms with van der Waals surface area (Å²) in [6, 6.07) is 0. The second-order valence-corrected chi connectivity index (χ2v) is 2.51. The van der Waals surface area contributed by atoms with Crippen molar-refractivity contribution < 1.29 is 14.4 Å². The Morgan fingerprint density at radius 3 is 2.77 bits per heavy atom. The Bertz CT molecular complexity index is 131. The molecule has 0 bridgehead atoms. The summed E-state index contributed by atoms with van der Waals surface area (Å²) >= 11 is 0. The van der Waals surface area contributed by atoms with Crippen molar-refractivity contribution in [1.82, 2.24) is 10.8 Å². The molecule has 0 saturated heterocycles. The molecule has 0 atom stereocenters. The zero-order valence-electron chi connectivity index (χ0n) is 8.26. The summed E-state index contributed by atoms with van der Waals surface area (Å²) in [5, 5.41) is 2.55. The molecule has 5 heteroatoms. The summed E-state index contributed by atoms with van der Waals surface area (Å²) in [6.45, 7) is 1.77. The highest BCUT2D eigenvalue weighted by atomic mass is 16.7. The number of hydrogen-bond acceptors (Lipinski definition) is 4. The molecule has 0 aromatic carbocycles. The topological polar surface area (TPSA) is 59.6 Å². The molecule has 0 aliphatic rings. The molecule has 0 aliphatic heterocycles. The average Bonchev–Trinajstić information content (AvgIpc) is 2.16. The number of hydrogen-bond donors (Lipinski definition) is 2. The van der Waals surface area contributed by atoms with Crippen LogP contribution in [0.25, 0.3) is 0 Å². The fourth-order valence-corrected chi connectivity index (χ4v) is 0.715. The lowest BCUT2D eigenvalue weighted by Gasteiger charge is -2.04. The van der Waals surface area contributed by atoms with Crippen LogP contribution in [0.4, 0.5) is 0 Å². The fourth-order valence-electron chi connectivity index (χ4n) is 0.715. The highest BCUT2D eigenvalue weighted by Crippen LogP contribution is 1.85. The zero-order valence-corrected chi connectivity index (χ0v) is 8.26. The number of ether oxygens (including phenoxy) is 1. The van der Waals surface area contributed by atoms with E-state index >= 15 is 0 Å². The smallest absolute Gasteiger partial charge is 0.219 e. The van der Waals surface area contributed by atoms with Crippen molar-refractivity contribution in [3.63, 3.8) is 0 Å². The molecule has 1 amide bonds. The van der Waals surface area contributed by atoms with Gasteiger partial charge in [-0.15, -0.1) is 0 Å². The Balaban J connectivity index is 2.95. The van der Waals surface area contributed by atoms with Crippen molar-refractivity contribution in [2.45, 2.75) is 12.8 Å². The normalized spacial score (nSPS) is 10.0. The minimum absolute atomic E-state index is 0.0543. The summed E-state index contributed by atoms with van der Waals surface area (Å²) in [7, 11) is 3.25. The monoisotopic (exact) mass is 190 g/mol. The van der Waals surface area contributed by atoms with Gasteiger partial charge in [0, 0.05) is 27.1 Å². The Kier molecular flexibility index (Phi) is 8.97. The van der Waals surface area contributed by atoms with Gasteiger partial charge in [-0.05, 0) is 6.42 Å². The summed E-state index contributed by atoms with van der Waals surface area (Å²) in [5.41, 5.74) is 2.74. The number of nitrogens with one attached hydrogen (secondary N) is 2. The van der Waals surface area contributed by atoms with Crippen molar-refractivity contribution in [2.24, 2.45) is 0 Å². The van der Waals surface area contributed by atoms with Crippen molar-refractivity contribution in [2.75, 3.05) is 33.9 Å². The highest BCUT2D eigenvalue weighted by molar-refractivity contribution is 5.75. The van der Waals surface area contributed by atoms with Crippen LogP contribution in [-0.2, 0) is 14.4 Å². The third-order valence-electron chi connectivity index (χ3n) is 1.45. The van der Waals surface area contributed by atoms with Crippen molar-refractivity contribution in [3.05, 3.63) is 0 Å². The van der Waals surface area contributed by atoms with Crippen LogP contribution in [0.2, 0.25) is 0 Å². The van der Waals surface area contributed by atoms with E-state index in [2.05, 4.69) is 10.8 Å². The van der Waals surface area contributed by atoms with Gasteiger partial charge in [0.2, 0.25) is 5.91 Å². The van der Waals surface area contributed by atoms with Crippen molar-refractivity contribution in [1.29, 1.82) is 0 Å². The van der Waals surface area contributed by atoms with Gasteiger partial charge < -0.3 is 10.1 Å². The molecular weight excluding hydrogens is 172 g/mol.